The number of halogens is 2. The maximum atomic E-state index is 14.6. The highest BCUT2D eigenvalue weighted by Gasteiger charge is 2.40. The van der Waals surface area contributed by atoms with Gasteiger partial charge in [-0.25, -0.2) is 4.98 Å². The van der Waals surface area contributed by atoms with Crippen molar-refractivity contribution in [2.75, 3.05) is 0 Å². The third-order valence-corrected chi connectivity index (χ3v) is 3.68. The Hall–Kier alpha value is -2.23. The van der Waals surface area contributed by atoms with Gasteiger partial charge in [0.15, 0.2) is 5.58 Å². The number of oxazole rings is 1. The van der Waals surface area contributed by atoms with Crippen LogP contribution in [0.2, 0.25) is 0 Å². The maximum absolute atomic E-state index is 14.6. The largest absolute Gasteiger partial charge is 0.435 e. The van der Waals surface area contributed by atoms with E-state index in [2.05, 4.69) is 4.98 Å². The summed E-state index contributed by atoms with van der Waals surface area (Å²) in [7, 11) is 0. The molecule has 0 spiro atoms. The molecule has 4 heteroatoms. The number of para-hydroxylation sites is 2. The molecule has 0 aliphatic carbocycles. The molecule has 0 aliphatic heterocycles. The second-order valence-electron chi connectivity index (χ2n) is 6.39. The molecule has 0 bridgehead atoms. The van der Waals surface area contributed by atoms with Crippen molar-refractivity contribution in [2.24, 2.45) is 0 Å². The van der Waals surface area contributed by atoms with E-state index in [0.29, 0.717) is 11.1 Å². The highest BCUT2D eigenvalue weighted by atomic mass is 19.3. The van der Waals surface area contributed by atoms with E-state index in [9.17, 15) is 8.78 Å². The van der Waals surface area contributed by atoms with Gasteiger partial charge in [-0.05, 0) is 23.1 Å². The normalized spacial score (nSPS) is 12.8. The van der Waals surface area contributed by atoms with E-state index >= 15 is 0 Å². The third kappa shape index (κ3) is 2.49. The maximum Gasteiger partial charge on any atom is 0.347 e. The van der Waals surface area contributed by atoms with Gasteiger partial charge in [-0.15, -0.1) is 0 Å². The first-order valence-corrected chi connectivity index (χ1v) is 7.13. The molecule has 0 atom stereocenters. The Balaban J connectivity index is 2.01. The lowest BCUT2D eigenvalue weighted by molar-refractivity contribution is 0.0147. The molecule has 1 heterocycles. The second-order valence-corrected chi connectivity index (χ2v) is 6.39. The molecule has 3 aromatic rings. The minimum atomic E-state index is -3.25. The molecule has 0 saturated carbocycles. The Morgan fingerprint density at radius 3 is 2.05 bits per heavy atom. The molecule has 0 N–H and O–H groups in total. The van der Waals surface area contributed by atoms with Crippen molar-refractivity contribution in [3.8, 4) is 0 Å². The van der Waals surface area contributed by atoms with Gasteiger partial charge in [-0.3, -0.25) is 0 Å². The standard InChI is InChI=1S/C18H17F2NO/c1-17(2,3)12-8-10-13(11-9-12)18(19,20)16-21-14-6-4-5-7-15(14)22-16/h4-11H,1-3H3. The van der Waals surface area contributed by atoms with Crippen molar-refractivity contribution in [3.63, 3.8) is 0 Å². The smallest absolute Gasteiger partial charge is 0.347 e. The average molecular weight is 301 g/mol. The SMILES string of the molecule is CC(C)(C)c1ccc(C(F)(F)c2nc3ccccc3o2)cc1. The molecule has 0 unspecified atom stereocenters. The number of hydrogen-bond acceptors (Lipinski definition) is 2. The Bertz CT molecular complexity index is 765. The number of fused-ring (bicyclic) bond motifs is 1. The Kier molecular flexibility index (Phi) is 3.28. The van der Waals surface area contributed by atoms with Crippen LogP contribution in [0.1, 0.15) is 37.8 Å². The van der Waals surface area contributed by atoms with Gasteiger partial charge in [0, 0.05) is 5.56 Å². The lowest BCUT2D eigenvalue weighted by Gasteiger charge is -2.20. The predicted molar refractivity (Wildman–Crippen MR) is 82.1 cm³/mol. The molecule has 2 nitrogen and oxygen atoms in total. The van der Waals surface area contributed by atoms with Crippen LogP contribution in [0.5, 0.6) is 0 Å². The summed E-state index contributed by atoms with van der Waals surface area (Å²) in [5, 5.41) is 0. The zero-order valence-electron chi connectivity index (χ0n) is 12.7. The zero-order chi connectivity index (χ0) is 16.0. The monoisotopic (exact) mass is 301 g/mol. The summed E-state index contributed by atoms with van der Waals surface area (Å²) in [5.41, 5.74) is 1.61. The molecule has 1 aromatic heterocycles. The van der Waals surface area contributed by atoms with Crippen molar-refractivity contribution < 1.29 is 13.2 Å². The van der Waals surface area contributed by atoms with Crippen LogP contribution >= 0.6 is 0 Å². The van der Waals surface area contributed by atoms with Crippen LogP contribution < -0.4 is 0 Å². The molecular formula is C18H17F2NO. The van der Waals surface area contributed by atoms with E-state index in [-0.39, 0.29) is 11.0 Å². The van der Waals surface area contributed by atoms with Crippen LogP contribution in [-0.4, -0.2) is 4.98 Å². The van der Waals surface area contributed by atoms with E-state index in [4.69, 9.17) is 4.42 Å². The van der Waals surface area contributed by atoms with E-state index in [1.165, 1.54) is 12.1 Å². The van der Waals surface area contributed by atoms with E-state index < -0.39 is 11.8 Å². The van der Waals surface area contributed by atoms with E-state index in [1.807, 2.05) is 20.8 Å². The quantitative estimate of drug-likeness (QED) is 0.645. The molecule has 22 heavy (non-hydrogen) atoms. The second kappa shape index (κ2) is 4.90. The molecular weight excluding hydrogens is 284 g/mol. The summed E-state index contributed by atoms with van der Waals surface area (Å²) in [6, 6.07) is 13.1. The summed E-state index contributed by atoms with van der Waals surface area (Å²) >= 11 is 0. The lowest BCUT2D eigenvalue weighted by atomic mass is 9.86. The molecule has 0 fully saturated rings. The van der Waals surface area contributed by atoms with Gasteiger partial charge in [0.1, 0.15) is 5.52 Å². The Labute approximate surface area is 127 Å². The number of alkyl halides is 2. The summed E-state index contributed by atoms with van der Waals surface area (Å²) in [5.74, 6) is -3.83. The number of hydrogen-bond donors (Lipinski definition) is 0. The first-order valence-electron chi connectivity index (χ1n) is 7.13. The first kappa shape index (κ1) is 14.7. The van der Waals surface area contributed by atoms with Crippen LogP contribution in [0.15, 0.2) is 52.9 Å². The van der Waals surface area contributed by atoms with Gasteiger partial charge in [0.05, 0.1) is 0 Å². The molecule has 0 radical (unpaired) electrons. The van der Waals surface area contributed by atoms with Gasteiger partial charge in [0.25, 0.3) is 5.89 Å². The summed E-state index contributed by atoms with van der Waals surface area (Å²) in [6.45, 7) is 6.13. The van der Waals surface area contributed by atoms with Gasteiger partial charge in [0.2, 0.25) is 0 Å². The fourth-order valence-electron chi connectivity index (χ4n) is 2.31. The fraction of sp³-hybridized carbons (Fsp3) is 0.278. The Morgan fingerprint density at radius 2 is 1.45 bits per heavy atom. The van der Waals surface area contributed by atoms with E-state index in [1.54, 1.807) is 36.4 Å². The minimum absolute atomic E-state index is 0.0779. The number of nitrogens with zero attached hydrogens (tertiary/aromatic N) is 1. The summed E-state index contributed by atoms with van der Waals surface area (Å²) < 4.78 is 34.4. The van der Waals surface area contributed by atoms with Crippen LogP contribution in [-0.2, 0) is 11.3 Å². The van der Waals surface area contributed by atoms with E-state index in [0.717, 1.165) is 5.56 Å². The minimum Gasteiger partial charge on any atom is -0.435 e. The highest BCUT2D eigenvalue weighted by Crippen LogP contribution is 2.37. The van der Waals surface area contributed by atoms with Crippen LogP contribution in [0, 0.1) is 0 Å². The molecule has 2 aromatic carbocycles. The van der Waals surface area contributed by atoms with Crippen LogP contribution in [0.4, 0.5) is 8.78 Å². The van der Waals surface area contributed by atoms with Crippen molar-refractivity contribution in [3.05, 3.63) is 65.5 Å². The zero-order valence-corrected chi connectivity index (χ0v) is 12.7. The van der Waals surface area contributed by atoms with Crippen LogP contribution in [0.25, 0.3) is 11.1 Å². The predicted octanol–water partition coefficient (Wildman–Crippen LogP) is 5.27. The van der Waals surface area contributed by atoms with Crippen molar-refractivity contribution in [1.29, 1.82) is 0 Å². The molecule has 0 amide bonds. The molecule has 114 valence electrons. The molecule has 3 rings (SSSR count). The molecule has 0 aliphatic rings. The summed E-state index contributed by atoms with van der Waals surface area (Å²) in [6.07, 6.45) is 0. The van der Waals surface area contributed by atoms with Crippen molar-refractivity contribution in [2.45, 2.75) is 32.1 Å². The van der Waals surface area contributed by atoms with Gasteiger partial charge < -0.3 is 4.42 Å². The summed E-state index contributed by atoms with van der Waals surface area (Å²) in [4.78, 5) is 3.92. The van der Waals surface area contributed by atoms with Gasteiger partial charge in [-0.2, -0.15) is 8.78 Å². The number of rotatable bonds is 2. The highest BCUT2D eigenvalue weighted by molar-refractivity contribution is 5.72. The van der Waals surface area contributed by atoms with Crippen LogP contribution in [0.3, 0.4) is 0 Å². The lowest BCUT2D eigenvalue weighted by Crippen LogP contribution is -2.17. The van der Waals surface area contributed by atoms with Gasteiger partial charge in [-0.1, -0.05) is 57.2 Å². The number of aromatic nitrogens is 1. The number of benzene rings is 2. The topological polar surface area (TPSA) is 26.0 Å². The Morgan fingerprint density at radius 1 is 0.864 bits per heavy atom. The fourth-order valence-corrected chi connectivity index (χ4v) is 2.31. The first-order chi connectivity index (χ1) is 10.3. The van der Waals surface area contributed by atoms with Gasteiger partial charge >= 0.3 is 5.92 Å². The third-order valence-electron chi connectivity index (χ3n) is 3.68. The van der Waals surface area contributed by atoms with Crippen molar-refractivity contribution >= 4 is 11.1 Å². The van der Waals surface area contributed by atoms with Crippen molar-refractivity contribution in [1.82, 2.24) is 4.98 Å². The average Bonchev–Trinajstić information content (AvgIpc) is 2.91. The molecule has 0 saturated heterocycles.